The number of ether oxygens (including phenoxy) is 1. The minimum Gasteiger partial charge on any atom is -0.495 e. The molecule has 24 heavy (non-hydrogen) atoms. The van der Waals surface area contributed by atoms with Crippen LogP contribution in [0.2, 0.25) is 10.0 Å². The Kier molecular flexibility index (Phi) is 4.11. The zero-order valence-electron chi connectivity index (χ0n) is 13.2. The van der Waals surface area contributed by atoms with Crippen LogP contribution in [0.15, 0.2) is 23.1 Å². The molecule has 0 aliphatic heterocycles. The number of halogens is 2. The predicted molar refractivity (Wildman–Crippen MR) is 95.9 cm³/mol. The van der Waals surface area contributed by atoms with E-state index in [0.717, 1.165) is 5.56 Å². The average Bonchev–Trinajstić information content (AvgIpc) is 2.56. The second-order valence-corrected chi connectivity index (χ2v) is 6.08. The summed E-state index contributed by atoms with van der Waals surface area (Å²) in [6.07, 6.45) is 1.55. The average molecular weight is 365 g/mol. The van der Waals surface area contributed by atoms with Crippen LogP contribution < -0.4 is 16.0 Å². The van der Waals surface area contributed by atoms with Crippen LogP contribution in [0.3, 0.4) is 0 Å². The number of methoxy groups -OCH3 is 1. The summed E-state index contributed by atoms with van der Waals surface area (Å²) in [4.78, 5) is 20.9. The second kappa shape index (κ2) is 5.96. The number of hydrogen-bond donors (Lipinski definition) is 1. The molecule has 0 radical (unpaired) electrons. The van der Waals surface area contributed by atoms with E-state index in [4.69, 9.17) is 33.7 Å². The molecule has 124 valence electrons. The van der Waals surface area contributed by atoms with Gasteiger partial charge in [0, 0.05) is 24.2 Å². The Labute approximate surface area is 147 Å². The van der Waals surface area contributed by atoms with Crippen molar-refractivity contribution in [1.82, 2.24) is 14.5 Å². The van der Waals surface area contributed by atoms with E-state index in [2.05, 4.69) is 9.97 Å². The van der Waals surface area contributed by atoms with E-state index in [1.54, 1.807) is 25.4 Å². The molecule has 0 amide bonds. The molecule has 0 aliphatic carbocycles. The van der Waals surface area contributed by atoms with Crippen molar-refractivity contribution < 1.29 is 4.74 Å². The topological polar surface area (TPSA) is 83.0 Å². The van der Waals surface area contributed by atoms with Gasteiger partial charge in [0.2, 0.25) is 5.95 Å². The van der Waals surface area contributed by atoms with Gasteiger partial charge in [-0.15, -0.1) is 0 Å². The van der Waals surface area contributed by atoms with Gasteiger partial charge in [-0.1, -0.05) is 23.2 Å². The number of aromatic nitrogens is 3. The molecule has 6 nitrogen and oxygen atoms in total. The Hall–Kier alpha value is -2.31. The van der Waals surface area contributed by atoms with Gasteiger partial charge in [-0.2, -0.15) is 4.98 Å². The Morgan fingerprint density at radius 2 is 1.96 bits per heavy atom. The van der Waals surface area contributed by atoms with Crippen molar-refractivity contribution in [3.63, 3.8) is 0 Å². The third kappa shape index (κ3) is 2.48. The fourth-order valence-electron chi connectivity index (χ4n) is 2.56. The number of anilines is 1. The number of aryl methyl sites for hydroxylation is 2. The summed E-state index contributed by atoms with van der Waals surface area (Å²) < 4.78 is 6.67. The lowest BCUT2D eigenvalue weighted by atomic mass is 10.0. The highest BCUT2D eigenvalue weighted by Crippen LogP contribution is 2.41. The fraction of sp³-hybridized carbons (Fsp3) is 0.188. The van der Waals surface area contributed by atoms with E-state index < -0.39 is 0 Å². The molecule has 3 rings (SSSR count). The maximum Gasteiger partial charge on any atom is 0.259 e. The molecule has 1 aromatic carbocycles. The summed E-state index contributed by atoms with van der Waals surface area (Å²) >= 11 is 12.8. The quantitative estimate of drug-likeness (QED) is 0.754. The fourth-order valence-corrected chi connectivity index (χ4v) is 3.19. The van der Waals surface area contributed by atoms with Crippen molar-refractivity contribution in [3.8, 4) is 16.9 Å². The minimum atomic E-state index is -0.294. The monoisotopic (exact) mass is 364 g/mol. The van der Waals surface area contributed by atoms with Gasteiger partial charge in [0.25, 0.3) is 5.56 Å². The van der Waals surface area contributed by atoms with Crippen LogP contribution in [0.4, 0.5) is 5.95 Å². The maximum absolute atomic E-state index is 12.8. The Morgan fingerprint density at radius 1 is 1.25 bits per heavy atom. The summed E-state index contributed by atoms with van der Waals surface area (Å²) in [6.45, 7) is 1.82. The molecule has 2 aromatic heterocycles. The van der Waals surface area contributed by atoms with E-state index in [0.29, 0.717) is 32.9 Å². The van der Waals surface area contributed by atoms with Gasteiger partial charge in [0.05, 0.1) is 22.7 Å². The number of nitrogen functional groups attached to an aromatic ring is 1. The molecule has 3 aromatic rings. The highest BCUT2D eigenvalue weighted by atomic mass is 35.5. The summed E-state index contributed by atoms with van der Waals surface area (Å²) in [6, 6.07) is 3.38. The lowest BCUT2D eigenvalue weighted by Gasteiger charge is -2.15. The largest absolute Gasteiger partial charge is 0.495 e. The highest BCUT2D eigenvalue weighted by molar-refractivity contribution is 6.40. The number of rotatable bonds is 2. The molecule has 0 saturated heterocycles. The van der Waals surface area contributed by atoms with Crippen LogP contribution in [0, 0.1) is 6.92 Å². The van der Waals surface area contributed by atoms with Crippen LogP contribution in [0.1, 0.15) is 5.56 Å². The maximum atomic E-state index is 12.8. The predicted octanol–water partition coefficient (Wildman–Crippen LogP) is 3.20. The first-order chi connectivity index (χ1) is 11.3. The van der Waals surface area contributed by atoms with E-state index in [9.17, 15) is 4.79 Å². The lowest BCUT2D eigenvalue weighted by molar-refractivity contribution is 0.415. The number of nitrogens with two attached hydrogens (primary N) is 1. The van der Waals surface area contributed by atoms with Crippen molar-refractivity contribution in [2.24, 2.45) is 7.05 Å². The van der Waals surface area contributed by atoms with Gasteiger partial charge in [0.1, 0.15) is 11.4 Å². The van der Waals surface area contributed by atoms with Crippen LogP contribution in [-0.4, -0.2) is 21.6 Å². The molecule has 0 atom stereocenters. The zero-order chi connectivity index (χ0) is 17.6. The second-order valence-electron chi connectivity index (χ2n) is 5.33. The standard InChI is InChI=1S/C16H14Cl2N4O2/c1-7-4-10(24-3)13(18)11(12(7)17)9-5-8-6-20-16(19)21-14(8)22(2)15(9)23/h4-6H,1-3H3,(H2,19,20,21). The van der Waals surface area contributed by atoms with Crippen molar-refractivity contribution in [3.05, 3.63) is 44.3 Å². The zero-order valence-corrected chi connectivity index (χ0v) is 14.7. The number of nitrogens with zero attached hydrogens (tertiary/aromatic N) is 3. The van der Waals surface area contributed by atoms with Gasteiger partial charge in [-0.05, 0) is 24.6 Å². The number of pyridine rings is 1. The van der Waals surface area contributed by atoms with Gasteiger partial charge in [-0.3, -0.25) is 9.36 Å². The Bertz CT molecular complexity index is 1030. The third-order valence-corrected chi connectivity index (χ3v) is 4.67. The van der Waals surface area contributed by atoms with E-state index in [1.807, 2.05) is 6.92 Å². The Morgan fingerprint density at radius 3 is 2.62 bits per heavy atom. The third-order valence-electron chi connectivity index (χ3n) is 3.81. The van der Waals surface area contributed by atoms with Crippen LogP contribution in [0.5, 0.6) is 5.75 Å². The first-order valence-electron chi connectivity index (χ1n) is 7.00. The van der Waals surface area contributed by atoms with E-state index in [1.165, 1.54) is 11.7 Å². The van der Waals surface area contributed by atoms with Crippen LogP contribution in [-0.2, 0) is 7.05 Å². The summed E-state index contributed by atoms with van der Waals surface area (Å²) in [5.74, 6) is 0.544. The first kappa shape index (κ1) is 16.5. The minimum absolute atomic E-state index is 0.0959. The molecule has 2 N–H and O–H groups in total. The van der Waals surface area contributed by atoms with Crippen molar-refractivity contribution >= 4 is 40.2 Å². The first-order valence-corrected chi connectivity index (χ1v) is 7.76. The molecule has 0 bridgehead atoms. The van der Waals surface area contributed by atoms with Gasteiger partial charge in [0.15, 0.2) is 0 Å². The summed E-state index contributed by atoms with van der Waals surface area (Å²) in [7, 11) is 3.11. The Balaban J connectivity index is 2.44. The molecule has 0 spiro atoms. The van der Waals surface area contributed by atoms with Crippen molar-refractivity contribution in [2.45, 2.75) is 6.92 Å². The van der Waals surface area contributed by atoms with Crippen molar-refractivity contribution in [2.75, 3.05) is 12.8 Å². The SMILES string of the molecule is COc1cc(C)c(Cl)c(-c2cc3cnc(N)nc3n(C)c2=O)c1Cl. The van der Waals surface area contributed by atoms with Gasteiger partial charge < -0.3 is 10.5 Å². The van der Waals surface area contributed by atoms with Gasteiger partial charge >= 0.3 is 0 Å². The van der Waals surface area contributed by atoms with E-state index >= 15 is 0 Å². The van der Waals surface area contributed by atoms with Crippen molar-refractivity contribution in [1.29, 1.82) is 0 Å². The normalized spacial score (nSPS) is 11.0. The molecule has 2 heterocycles. The molecule has 0 unspecified atom stereocenters. The van der Waals surface area contributed by atoms with Crippen LogP contribution in [0.25, 0.3) is 22.2 Å². The van der Waals surface area contributed by atoms with Gasteiger partial charge in [-0.25, -0.2) is 4.98 Å². The molecule has 0 fully saturated rings. The molecular formula is C16H14Cl2N4O2. The summed E-state index contributed by atoms with van der Waals surface area (Å²) in [5, 5.41) is 1.32. The van der Waals surface area contributed by atoms with Crippen LogP contribution >= 0.6 is 23.2 Å². The smallest absolute Gasteiger partial charge is 0.259 e. The number of fused-ring (bicyclic) bond motifs is 1. The number of hydrogen-bond acceptors (Lipinski definition) is 5. The molecular weight excluding hydrogens is 351 g/mol. The summed E-state index contributed by atoms with van der Waals surface area (Å²) in [5.41, 5.74) is 7.26. The molecule has 0 saturated carbocycles. The molecule has 0 aliphatic rings. The number of benzene rings is 1. The highest BCUT2D eigenvalue weighted by Gasteiger charge is 2.20. The molecule has 8 heteroatoms. The van der Waals surface area contributed by atoms with E-state index in [-0.39, 0.29) is 16.5 Å². The lowest BCUT2D eigenvalue weighted by Crippen LogP contribution is -2.20.